The molecule has 1 aliphatic rings. The van der Waals surface area contributed by atoms with Crippen LogP contribution in [0.2, 0.25) is 0 Å². The Labute approximate surface area is 184 Å². The second kappa shape index (κ2) is 11.1. The smallest absolute Gasteiger partial charge is 0.255 e. The van der Waals surface area contributed by atoms with Crippen LogP contribution in [0, 0.1) is 0 Å². The molecule has 1 aliphatic heterocycles. The van der Waals surface area contributed by atoms with Crippen LogP contribution in [0.1, 0.15) is 33.6 Å². The number of nitrogens with one attached hydrogen (secondary N) is 2. The van der Waals surface area contributed by atoms with E-state index < -0.39 is 0 Å². The first-order valence-corrected chi connectivity index (χ1v) is 10.6. The van der Waals surface area contributed by atoms with Gasteiger partial charge in [-0.3, -0.25) is 9.59 Å². The summed E-state index contributed by atoms with van der Waals surface area (Å²) in [7, 11) is 1.57. The van der Waals surface area contributed by atoms with E-state index in [0.717, 1.165) is 19.4 Å². The molecule has 0 spiro atoms. The third-order valence-corrected chi connectivity index (χ3v) is 5.27. The lowest BCUT2D eigenvalue weighted by Gasteiger charge is -2.14. The standard InChI is InChI=1S/C22H25BrN2O5/c1-28-12-10-24-22(27)17-6-2-3-7-19(17)25-21(26)15-8-9-20(18(23)13-15)30-14-16-5-4-11-29-16/h2-3,6-9,13,16H,4-5,10-12,14H2,1H3,(H,24,27)(H,25,26). The number of rotatable bonds is 9. The first-order valence-electron chi connectivity index (χ1n) is 9.80. The number of hydrogen-bond acceptors (Lipinski definition) is 5. The fourth-order valence-electron chi connectivity index (χ4n) is 3.06. The molecule has 2 N–H and O–H groups in total. The van der Waals surface area contributed by atoms with Gasteiger partial charge in [-0.15, -0.1) is 0 Å². The predicted molar refractivity (Wildman–Crippen MR) is 117 cm³/mol. The summed E-state index contributed by atoms with van der Waals surface area (Å²) >= 11 is 3.46. The summed E-state index contributed by atoms with van der Waals surface area (Å²) in [6.07, 6.45) is 2.17. The molecule has 30 heavy (non-hydrogen) atoms. The summed E-state index contributed by atoms with van der Waals surface area (Å²) in [5, 5.41) is 5.57. The van der Waals surface area contributed by atoms with E-state index in [1.165, 1.54) is 0 Å². The van der Waals surface area contributed by atoms with Crippen LogP contribution in [-0.2, 0) is 9.47 Å². The summed E-state index contributed by atoms with van der Waals surface area (Å²) in [5.41, 5.74) is 1.27. The summed E-state index contributed by atoms with van der Waals surface area (Å²) in [6, 6.07) is 12.0. The zero-order valence-electron chi connectivity index (χ0n) is 16.8. The fourth-order valence-corrected chi connectivity index (χ4v) is 3.56. The van der Waals surface area contributed by atoms with Gasteiger partial charge in [0.05, 0.1) is 28.4 Å². The van der Waals surface area contributed by atoms with Gasteiger partial charge < -0.3 is 24.8 Å². The number of anilines is 1. The van der Waals surface area contributed by atoms with Crippen molar-refractivity contribution in [3.63, 3.8) is 0 Å². The Morgan fingerprint density at radius 2 is 2.03 bits per heavy atom. The molecule has 1 unspecified atom stereocenters. The number of halogens is 1. The van der Waals surface area contributed by atoms with Crippen molar-refractivity contribution in [1.29, 1.82) is 0 Å². The highest BCUT2D eigenvalue weighted by atomic mass is 79.9. The highest BCUT2D eigenvalue weighted by Gasteiger charge is 2.18. The van der Waals surface area contributed by atoms with Crippen molar-refractivity contribution in [2.45, 2.75) is 18.9 Å². The third kappa shape index (κ3) is 6.04. The predicted octanol–water partition coefficient (Wildman–Crippen LogP) is 3.64. The summed E-state index contributed by atoms with van der Waals surface area (Å²) < 4.78 is 17.0. The van der Waals surface area contributed by atoms with Gasteiger partial charge in [-0.05, 0) is 59.1 Å². The molecular weight excluding hydrogens is 452 g/mol. The van der Waals surface area contributed by atoms with Gasteiger partial charge >= 0.3 is 0 Å². The van der Waals surface area contributed by atoms with E-state index in [9.17, 15) is 9.59 Å². The van der Waals surface area contributed by atoms with E-state index in [1.807, 2.05) is 0 Å². The van der Waals surface area contributed by atoms with Crippen molar-refractivity contribution in [3.8, 4) is 5.75 Å². The number of para-hydroxylation sites is 1. The zero-order valence-corrected chi connectivity index (χ0v) is 18.4. The Morgan fingerprint density at radius 3 is 2.77 bits per heavy atom. The second-order valence-corrected chi connectivity index (χ2v) is 7.69. The van der Waals surface area contributed by atoms with E-state index in [1.54, 1.807) is 49.6 Å². The molecule has 0 radical (unpaired) electrons. The van der Waals surface area contributed by atoms with Crippen molar-refractivity contribution < 1.29 is 23.8 Å². The van der Waals surface area contributed by atoms with Gasteiger partial charge in [-0.1, -0.05) is 12.1 Å². The molecule has 1 saturated heterocycles. The molecule has 1 fully saturated rings. The van der Waals surface area contributed by atoms with Gasteiger partial charge in [0.2, 0.25) is 0 Å². The normalized spacial score (nSPS) is 15.6. The fraction of sp³-hybridized carbons (Fsp3) is 0.364. The van der Waals surface area contributed by atoms with Crippen LogP contribution in [0.25, 0.3) is 0 Å². The van der Waals surface area contributed by atoms with Crippen molar-refractivity contribution in [3.05, 3.63) is 58.1 Å². The van der Waals surface area contributed by atoms with Gasteiger partial charge in [0.25, 0.3) is 11.8 Å². The Balaban J connectivity index is 1.64. The Bertz CT molecular complexity index is 884. The summed E-state index contributed by atoms with van der Waals surface area (Å²) in [5.74, 6) is 0.0560. The van der Waals surface area contributed by atoms with E-state index >= 15 is 0 Å². The number of hydrogen-bond donors (Lipinski definition) is 2. The average Bonchev–Trinajstić information content (AvgIpc) is 3.27. The lowest BCUT2D eigenvalue weighted by Crippen LogP contribution is -2.28. The first-order chi connectivity index (χ1) is 14.6. The number of benzene rings is 2. The van der Waals surface area contributed by atoms with Crippen molar-refractivity contribution in [2.75, 3.05) is 38.8 Å². The number of carbonyl (C=O) groups is 2. The van der Waals surface area contributed by atoms with Crippen molar-refractivity contribution >= 4 is 33.4 Å². The minimum Gasteiger partial charge on any atom is -0.490 e. The molecule has 0 aliphatic carbocycles. The van der Waals surface area contributed by atoms with Crippen LogP contribution < -0.4 is 15.4 Å². The van der Waals surface area contributed by atoms with Crippen molar-refractivity contribution in [2.24, 2.45) is 0 Å². The molecule has 7 nitrogen and oxygen atoms in total. The number of ether oxygens (including phenoxy) is 3. The molecule has 0 saturated carbocycles. The van der Waals surface area contributed by atoms with Crippen LogP contribution in [0.3, 0.4) is 0 Å². The third-order valence-electron chi connectivity index (χ3n) is 4.65. The molecule has 0 bridgehead atoms. The monoisotopic (exact) mass is 476 g/mol. The van der Waals surface area contributed by atoms with Gasteiger partial charge in [-0.25, -0.2) is 0 Å². The molecule has 2 aromatic rings. The van der Waals surface area contributed by atoms with Crippen LogP contribution in [0.4, 0.5) is 5.69 Å². The SMILES string of the molecule is COCCNC(=O)c1ccccc1NC(=O)c1ccc(OCC2CCCO2)c(Br)c1. The average molecular weight is 477 g/mol. The molecule has 160 valence electrons. The molecule has 2 aromatic carbocycles. The number of carbonyl (C=O) groups excluding carboxylic acids is 2. The van der Waals surface area contributed by atoms with Gasteiger partial charge in [0.15, 0.2) is 0 Å². The number of amides is 2. The lowest BCUT2D eigenvalue weighted by molar-refractivity contribution is 0.0677. The van der Waals surface area contributed by atoms with Crippen LogP contribution in [0.15, 0.2) is 46.9 Å². The highest BCUT2D eigenvalue weighted by molar-refractivity contribution is 9.10. The molecule has 2 amide bonds. The van der Waals surface area contributed by atoms with E-state index in [-0.39, 0.29) is 17.9 Å². The molecule has 3 rings (SSSR count). The second-order valence-electron chi connectivity index (χ2n) is 6.84. The highest BCUT2D eigenvalue weighted by Crippen LogP contribution is 2.27. The number of methoxy groups -OCH3 is 1. The van der Waals surface area contributed by atoms with Crippen LogP contribution in [0.5, 0.6) is 5.75 Å². The van der Waals surface area contributed by atoms with E-state index in [0.29, 0.717) is 46.8 Å². The lowest BCUT2D eigenvalue weighted by atomic mass is 10.1. The van der Waals surface area contributed by atoms with Crippen LogP contribution >= 0.6 is 15.9 Å². The zero-order chi connectivity index (χ0) is 21.3. The molecule has 1 heterocycles. The summed E-state index contributed by atoms with van der Waals surface area (Å²) in [6.45, 7) is 2.06. The topological polar surface area (TPSA) is 85.9 Å². The maximum Gasteiger partial charge on any atom is 0.255 e. The van der Waals surface area contributed by atoms with Crippen molar-refractivity contribution in [1.82, 2.24) is 5.32 Å². The Kier molecular flexibility index (Phi) is 8.24. The molecular formula is C22H25BrN2O5. The minimum absolute atomic E-state index is 0.117. The Hall–Kier alpha value is -2.42. The largest absolute Gasteiger partial charge is 0.490 e. The van der Waals surface area contributed by atoms with Crippen LogP contribution in [-0.4, -0.2) is 51.4 Å². The van der Waals surface area contributed by atoms with Gasteiger partial charge in [-0.2, -0.15) is 0 Å². The van der Waals surface area contributed by atoms with E-state index in [2.05, 4.69) is 26.6 Å². The maximum atomic E-state index is 12.7. The molecule has 0 aromatic heterocycles. The molecule has 8 heteroatoms. The summed E-state index contributed by atoms with van der Waals surface area (Å²) in [4.78, 5) is 25.1. The van der Waals surface area contributed by atoms with Gasteiger partial charge in [0, 0.05) is 25.8 Å². The quantitative estimate of drug-likeness (QED) is 0.539. The minimum atomic E-state index is -0.321. The maximum absolute atomic E-state index is 12.7. The Morgan fingerprint density at radius 1 is 1.20 bits per heavy atom. The first kappa shape index (κ1) is 22.3. The molecule has 1 atom stereocenters. The van der Waals surface area contributed by atoms with Gasteiger partial charge in [0.1, 0.15) is 12.4 Å². The van der Waals surface area contributed by atoms with E-state index in [4.69, 9.17) is 14.2 Å².